The fraction of sp³-hybridized carbons (Fsp3) is 0.444. The van der Waals surface area contributed by atoms with Gasteiger partial charge in [0.2, 0.25) is 0 Å². The van der Waals surface area contributed by atoms with Gasteiger partial charge in [-0.3, -0.25) is 0 Å². The maximum absolute atomic E-state index is 13.0. The topological polar surface area (TPSA) is 94.3 Å². The van der Waals surface area contributed by atoms with Crippen molar-refractivity contribution < 1.29 is 18.5 Å². The standard InChI is InChI=1S/C18H27N3O4SSi/c1-14-20-17(12-21(14)13-25-10-11-27(3,4)5)26(19,23)16-8-6-15(7-9-16)18(22)24-2/h6-9,12,19H,10-11,13H2,1-5H3. The Morgan fingerprint density at radius 3 is 2.44 bits per heavy atom. The van der Waals surface area contributed by atoms with Gasteiger partial charge in [0.25, 0.3) is 0 Å². The van der Waals surface area contributed by atoms with Crippen LogP contribution in [-0.2, 0) is 25.9 Å². The molecule has 2 aromatic rings. The highest BCUT2D eigenvalue weighted by Gasteiger charge is 2.19. The molecule has 1 heterocycles. The number of carbonyl (C=O) groups is 1. The van der Waals surface area contributed by atoms with Gasteiger partial charge in [-0.05, 0) is 37.2 Å². The number of imidazole rings is 1. The van der Waals surface area contributed by atoms with Crippen molar-refractivity contribution >= 4 is 23.8 Å². The molecule has 0 spiro atoms. The summed E-state index contributed by atoms with van der Waals surface area (Å²) < 4.78 is 33.5. The van der Waals surface area contributed by atoms with Crippen molar-refractivity contribution in [2.75, 3.05) is 13.7 Å². The molecule has 0 saturated carbocycles. The lowest BCUT2D eigenvalue weighted by molar-refractivity contribution is 0.0600. The van der Waals surface area contributed by atoms with E-state index in [1.807, 2.05) is 0 Å². The van der Waals surface area contributed by atoms with Crippen molar-refractivity contribution in [3.05, 3.63) is 41.9 Å². The van der Waals surface area contributed by atoms with Gasteiger partial charge >= 0.3 is 5.97 Å². The second-order valence-electron chi connectivity index (χ2n) is 7.52. The predicted molar refractivity (Wildman–Crippen MR) is 106 cm³/mol. The zero-order valence-corrected chi connectivity index (χ0v) is 18.3. The van der Waals surface area contributed by atoms with E-state index in [9.17, 15) is 9.00 Å². The molecular formula is C18H27N3O4SSi. The summed E-state index contributed by atoms with van der Waals surface area (Å²) in [6.07, 6.45) is 1.60. The quantitative estimate of drug-likeness (QED) is 0.407. The zero-order chi connectivity index (χ0) is 20.2. The van der Waals surface area contributed by atoms with Gasteiger partial charge in [-0.15, -0.1) is 0 Å². The number of methoxy groups -OCH3 is 1. The minimum Gasteiger partial charge on any atom is -0.465 e. The molecule has 9 heteroatoms. The van der Waals surface area contributed by atoms with E-state index in [0.29, 0.717) is 29.6 Å². The Morgan fingerprint density at radius 2 is 1.89 bits per heavy atom. The molecule has 0 fully saturated rings. The summed E-state index contributed by atoms with van der Waals surface area (Å²) in [5.74, 6) is 0.165. The Morgan fingerprint density at radius 1 is 1.26 bits per heavy atom. The lowest BCUT2D eigenvalue weighted by Gasteiger charge is -2.15. The summed E-state index contributed by atoms with van der Waals surface area (Å²) in [4.78, 5) is 16.1. The summed E-state index contributed by atoms with van der Waals surface area (Å²) in [6, 6.07) is 7.06. The van der Waals surface area contributed by atoms with Gasteiger partial charge in [0, 0.05) is 20.9 Å². The van der Waals surface area contributed by atoms with Gasteiger partial charge in [0.1, 0.15) is 22.3 Å². The second kappa shape index (κ2) is 8.36. The maximum Gasteiger partial charge on any atom is 0.337 e. The number of carbonyl (C=O) groups excluding carboxylic acids is 1. The van der Waals surface area contributed by atoms with E-state index in [2.05, 4.69) is 29.4 Å². The Balaban J connectivity index is 2.14. The Kier molecular flexibility index (Phi) is 6.61. The maximum atomic E-state index is 13.0. The number of aromatic nitrogens is 2. The van der Waals surface area contributed by atoms with Crippen molar-refractivity contribution in [2.24, 2.45) is 0 Å². The molecule has 2 rings (SSSR count). The van der Waals surface area contributed by atoms with E-state index in [-0.39, 0.29) is 5.03 Å². The van der Waals surface area contributed by atoms with Crippen LogP contribution in [0.2, 0.25) is 25.7 Å². The first-order valence-electron chi connectivity index (χ1n) is 8.63. The van der Waals surface area contributed by atoms with E-state index in [1.54, 1.807) is 17.7 Å². The third-order valence-electron chi connectivity index (χ3n) is 4.08. The fourth-order valence-corrected chi connectivity index (χ4v) is 4.36. The number of hydrogen-bond donors (Lipinski definition) is 1. The average Bonchev–Trinajstić information content (AvgIpc) is 2.99. The number of aryl methyl sites for hydroxylation is 1. The molecule has 0 aliphatic heterocycles. The molecule has 0 aliphatic carbocycles. The van der Waals surface area contributed by atoms with Gasteiger partial charge in [-0.25, -0.2) is 18.8 Å². The molecule has 1 N–H and O–H groups in total. The number of benzene rings is 1. The number of nitrogens with zero attached hydrogens (tertiary/aromatic N) is 2. The normalized spacial score (nSPS) is 14.0. The van der Waals surface area contributed by atoms with E-state index >= 15 is 0 Å². The molecule has 0 amide bonds. The minimum absolute atomic E-state index is 0.180. The largest absolute Gasteiger partial charge is 0.465 e. The van der Waals surface area contributed by atoms with Crippen LogP contribution in [0, 0.1) is 11.7 Å². The summed E-state index contributed by atoms with van der Waals surface area (Å²) in [5, 5.41) is 0.180. The number of nitrogens with one attached hydrogen (secondary N) is 1. The van der Waals surface area contributed by atoms with Crippen molar-refractivity contribution in [3.8, 4) is 0 Å². The summed E-state index contributed by atoms with van der Waals surface area (Å²) >= 11 is 0. The Hall–Kier alpha value is -1.97. The molecular weight excluding hydrogens is 382 g/mol. The first-order valence-corrected chi connectivity index (χ1v) is 13.9. The number of rotatable bonds is 8. The number of hydrogen-bond acceptors (Lipinski definition) is 6. The van der Waals surface area contributed by atoms with Crippen molar-refractivity contribution in [1.82, 2.24) is 9.55 Å². The van der Waals surface area contributed by atoms with E-state index < -0.39 is 23.8 Å². The molecule has 1 atom stereocenters. The third kappa shape index (κ3) is 5.50. The van der Waals surface area contributed by atoms with E-state index in [1.165, 1.54) is 31.4 Å². The van der Waals surface area contributed by atoms with Crippen molar-refractivity contribution in [3.63, 3.8) is 0 Å². The Labute approximate surface area is 161 Å². The van der Waals surface area contributed by atoms with Crippen molar-refractivity contribution in [2.45, 2.75) is 49.3 Å². The van der Waals surface area contributed by atoms with E-state index in [4.69, 9.17) is 9.52 Å². The lowest BCUT2D eigenvalue weighted by Crippen LogP contribution is -2.22. The molecule has 148 valence electrons. The Bertz CT molecular complexity index is 900. The first kappa shape index (κ1) is 21.3. The van der Waals surface area contributed by atoms with Crippen LogP contribution in [0.1, 0.15) is 16.2 Å². The molecule has 27 heavy (non-hydrogen) atoms. The molecule has 0 bridgehead atoms. The van der Waals surface area contributed by atoms with Crippen LogP contribution in [0.3, 0.4) is 0 Å². The van der Waals surface area contributed by atoms with Crippen LogP contribution in [0.15, 0.2) is 40.4 Å². The molecule has 7 nitrogen and oxygen atoms in total. The molecule has 0 saturated heterocycles. The zero-order valence-electron chi connectivity index (χ0n) is 16.4. The monoisotopic (exact) mass is 409 g/mol. The first-order chi connectivity index (χ1) is 12.5. The predicted octanol–water partition coefficient (Wildman–Crippen LogP) is 3.76. The molecule has 0 radical (unpaired) electrons. The highest BCUT2D eigenvalue weighted by atomic mass is 32.2. The molecule has 1 unspecified atom stereocenters. The highest BCUT2D eigenvalue weighted by Crippen LogP contribution is 2.22. The smallest absolute Gasteiger partial charge is 0.337 e. The summed E-state index contributed by atoms with van der Waals surface area (Å²) in [7, 11) is -3.13. The van der Waals surface area contributed by atoms with Gasteiger partial charge in [0.05, 0.1) is 17.6 Å². The van der Waals surface area contributed by atoms with Crippen LogP contribution in [-0.4, -0.2) is 41.5 Å². The fourth-order valence-electron chi connectivity index (χ4n) is 2.31. The van der Waals surface area contributed by atoms with Crippen LogP contribution in [0.4, 0.5) is 0 Å². The van der Waals surface area contributed by atoms with Gasteiger partial charge < -0.3 is 14.0 Å². The average molecular weight is 410 g/mol. The molecule has 0 aliphatic rings. The van der Waals surface area contributed by atoms with Crippen LogP contribution in [0.25, 0.3) is 0 Å². The molecule has 1 aromatic carbocycles. The SMILES string of the molecule is COC(=O)c1ccc(S(=N)(=O)c2cn(COCC[Si](C)(C)C)c(C)n2)cc1. The molecule has 1 aromatic heterocycles. The third-order valence-corrected chi connectivity index (χ3v) is 7.51. The highest BCUT2D eigenvalue weighted by molar-refractivity contribution is 7.92. The van der Waals surface area contributed by atoms with E-state index in [0.717, 1.165) is 6.04 Å². The summed E-state index contributed by atoms with van der Waals surface area (Å²) in [5.41, 5.74) is 0.342. The van der Waals surface area contributed by atoms with Crippen LogP contribution >= 0.6 is 0 Å². The number of ether oxygens (including phenoxy) is 2. The van der Waals surface area contributed by atoms with Gasteiger partial charge in [-0.1, -0.05) is 19.6 Å². The van der Waals surface area contributed by atoms with Crippen molar-refractivity contribution in [1.29, 1.82) is 4.78 Å². The minimum atomic E-state index is -3.28. The summed E-state index contributed by atoms with van der Waals surface area (Å²) in [6.45, 7) is 9.65. The van der Waals surface area contributed by atoms with Gasteiger partial charge in [-0.2, -0.15) is 0 Å². The van der Waals surface area contributed by atoms with Gasteiger partial charge in [0.15, 0.2) is 5.03 Å². The lowest BCUT2D eigenvalue weighted by atomic mass is 10.2. The van der Waals surface area contributed by atoms with Crippen LogP contribution < -0.4 is 0 Å². The number of esters is 1. The van der Waals surface area contributed by atoms with Crippen LogP contribution in [0.5, 0.6) is 0 Å². The second-order valence-corrected chi connectivity index (χ2v) is 15.1.